The Labute approximate surface area is 116 Å². The van der Waals surface area contributed by atoms with Crippen molar-refractivity contribution in [3.05, 3.63) is 23.2 Å². The topological polar surface area (TPSA) is 57.4 Å². The third-order valence-corrected chi connectivity index (χ3v) is 2.63. The number of halogens is 4. The highest BCUT2D eigenvalue weighted by Gasteiger charge is 2.32. The fourth-order valence-electron chi connectivity index (χ4n) is 1.09. The maximum absolute atomic E-state index is 12.2. The van der Waals surface area contributed by atoms with E-state index in [2.05, 4.69) is 15.0 Å². The first-order chi connectivity index (χ1) is 8.87. The lowest BCUT2D eigenvalue weighted by molar-refractivity contribution is -0.274. The van der Waals surface area contributed by atoms with Crippen LogP contribution in [0.1, 0.15) is 0 Å². The van der Waals surface area contributed by atoms with E-state index >= 15 is 0 Å². The summed E-state index contributed by atoms with van der Waals surface area (Å²) in [6, 6.07) is 3.76. The number of aliphatic imine (C=N–C) groups is 1. The van der Waals surface area contributed by atoms with Crippen LogP contribution in [0.15, 0.2) is 23.2 Å². The number of benzene rings is 1. The first-order valence-electron chi connectivity index (χ1n) is 4.69. The van der Waals surface area contributed by atoms with Crippen LogP contribution >= 0.6 is 23.4 Å². The number of nitrogens with one attached hydrogen (secondary N) is 1. The minimum Gasteiger partial charge on any atom is -0.403 e. The molecule has 0 amide bonds. The van der Waals surface area contributed by atoms with E-state index in [4.69, 9.17) is 16.9 Å². The summed E-state index contributed by atoms with van der Waals surface area (Å²) in [6.45, 7) is 0. The van der Waals surface area contributed by atoms with E-state index in [1.165, 1.54) is 12.1 Å². The fourth-order valence-corrected chi connectivity index (χ4v) is 1.62. The molecule has 0 aliphatic rings. The standard InChI is InChI=1S/C10H7ClF3N3OS/c1-19-9(16-5-15)17-8-6(11)3-2-4-7(8)18-10(12,13)14/h2-4H,1H3,(H,16,17). The summed E-state index contributed by atoms with van der Waals surface area (Å²) in [5.41, 5.74) is -0.200. The molecule has 1 aromatic carbocycles. The second kappa shape index (κ2) is 6.54. The average molecular weight is 310 g/mol. The Kier molecular flexibility index (Phi) is 5.32. The summed E-state index contributed by atoms with van der Waals surface area (Å²) in [7, 11) is 0. The van der Waals surface area contributed by atoms with E-state index in [9.17, 15) is 13.2 Å². The lowest BCUT2D eigenvalue weighted by atomic mass is 10.3. The fraction of sp³-hybridized carbons (Fsp3) is 0.200. The molecule has 0 unspecified atom stereocenters. The van der Waals surface area contributed by atoms with Crippen molar-refractivity contribution in [1.29, 1.82) is 5.26 Å². The van der Waals surface area contributed by atoms with Gasteiger partial charge in [0.25, 0.3) is 0 Å². The predicted octanol–water partition coefficient (Wildman–Crippen LogP) is 3.66. The van der Waals surface area contributed by atoms with Gasteiger partial charge in [0.05, 0.1) is 5.02 Å². The molecule has 1 N–H and O–H groups in total. The molecular weight excluding hydrogens is 303 g/mol. The molecule has 9 heteroatoms. The first-order valence-corrected chi connectivity index (χ1v) is 6.29. The van der Waals surface area contributed by atoms with Gasteiger partial charge in [-0.25, -0.2) is 4.99 Å². The van der Waals surface area contributed by atoms with Gasteiger partial charge in [-0.3, -0.25) is 5.32 Å². The number of para-hydroxylation sites is 1. The minimum absolute atomic E-state index is 0.0203. The molecular formula is C10H7ClF3N3OS. The Morgan fingerprint density at radius 1 is 1.53 bits per heavy atom. The highest BCUT2D eigenvalue weighted by molar-refractivity contribution is 8.13. The summed E-state index contributed by atoms with van der Waals surface area (Å²) in [5.74, 6) is -0.536. The summed E-state index contributed by atoms with van der Waals surface area (Å²) in [6.07, 6.45) is -1.63. The van der Waals surface area contributed by atoms with Crippen molar-refractivity contribution >= 4 is 34.2 Å². The zero-order valence-corrected chi connectivity index (χ0v) is 11.0. The molecule has 1 rings (SSSR count). The summed E-state index contributed by atoms with van der Waals surface area (Å²) in [5, 5.41) is 10.8. The molecule has 0 spiro atoms. The van der Waals surface area contributed by atoms with Crippen molar-refractivity contribution in [3.8, 4) is 11.9 Å². The van der Waals surface area contributed by atoms with Gasteiger partial charge in [-0.2, -0.15) is 5.26 Å². The van der Waals surface area contributed by atoms with Gasteiger partial charge in [-0.05, 0) is 18.4 Å². The van der Waals surface area contributed by atoms with Crippen molar-refractivity contribution in [2.24, 2.45) is 4.99 Å². The molecule has 102 valence electrons. The van der Waals surface area contributed by atoms with Gasteiger partial charge in [0.1, 0.15) is 5.69 Å². The van der Waals surface area contributed by atoms with Crippen LogP contribution in [0.2, 0.25) is 5.02 Å². The number of nitrogens with zero attached hydrogens (tertiary/aromatic N) is 2. The lowest BCUT2D eigenvalue weighted by Gasteiger charge is -2.12. The van der Waals surface area contributed by atoms with Crippen molar-refractivity contribution in [1.82, 2.24) is 5.32 Å². The molecule has 0 heterocycles. The van der Waals surface area contributed by atoms with Gasteiger partial charge in [0.15, 0.2) is 17.1 Å². The number of nitriles is 1. The minimum atomic E-state index is -4.85. The van der Waals surface area contributed by atoms with Gasteiger partial charge in [0, 0.05) is 0 Å². The molecule has 1 aromatic rings. The second-order valence-corrected chi connectivity index (χ2v) is 4.19. The number of rotatable bonds is 2. The number of thioether (sulfide) groups is 1. The molecule has 0 saturated heterocycles. The monoisotopic (exact) mass is 309 g/mol. The van der Waals surface area contributed by atoms with E-state index in [1.807, 2.05) is 0 Å². The quantitative estimate of drug-likeness (QED) is 0.392. The summed E-state index contributed by atoms with van der Waals surface area (Å²) < 4.78 is 40.5. The second-order valence-electron chi connectivity index (χ2n) is 2.99. The van der Waals surface area contributed by atoms with E-state index in [0.29, 0.717) is 0 Å². The molecule has 0 saturated carbocycles. The lowest BCUT2D eigenvalue weighted by Crippen LogP contribution is -2.17. The molecule has 0 aliphatic carbocycles. The van der Waals surface area contributed by atoms with Crippen molar-refractivity contribution in [2.45, 2.75) is 6.36 Å². The normalized spacial score (nSPS) is 11.9. The van der Waals surface area contributed by atoms with Gasteiger partial charge in [0.2, 0.25) is 0 Å². The smallest absolute Gasteiger partial charge is 0.403 e. The molecule has 0 radical (unpaired) electrons. The molecule has 0 aliphatic heterocycles. The highest BCUT2D eigenvalue weighted by Crippen LogP contribution is 2.38. The van der Waals surface area contributed by atoms with E-state index < -0.39 is 12.1 Å². The molecule has 0 atom stereocenters. The SMILES string of the molecule is CSC(=Nc1c(Cl)cccc1OC(F)(F)F)NC#N. The van der Waals surface area contributed by atoms with Crippen LogP contribution < -0.4 is 10.1 Å². The van der Waals surface area contributed by atoms with Crippen molar-refractivity contribution in [3.63, 3.8) is 0 Å². The van der Waals surface area contributed by atoms with Crippen LogP contribution in [0.25, 0.3) is 0 Å². The molecule has 4 nitrogen and oxygen atoms in total. The van der Waals surface area contributed by atoms with Crippen LogP contribution in [0.3, 0.4) is 0 Å². The van der Waals surface area contributed by atoms with Gasteiger partial charge in [-0.15, -0.1) is 13.2 Å². The van der Waals surface area contributed by atoms with Crippen LogP contribution in [0, 0.1) is 11.5 Å². The van der Waals surface area contributed by atoms with E-state index in [0.717, 1.165) is 17.8 Å². The van der Waals surface area contributed by atoms with Crippen LogP contribution in [-0.4, -0.2) is 17.8 Å². The highest BCUT2D eigenvalue weighted by atomic mass is 35.5. The third kappa shape index (κ3) is 4.89. The van der Waals surface area contributed by atoms with Crippen LogP contribution in [0.5, 0.6) is 5.75 Å². The molecule has 0 fully saturated rings. The zero-order chi connectivity index (χ0) is 14.5. The third-order valence-electron chi connectivity index (χ3n) is 1.74. The molecule has 0 aromatic heterocycles. The van der Waals surface area contributed by atoms with E-state index in [1.54, 1.807) is 12.4 Å². The van der Waals surface area contributed by atoms with Gasteiger partial charge >= 0.3 is 6.36 Å². The predicted molar refractivity (Wildman–Crippen MR) is 67.5 cm³/mol. The molecule has 19 heavy (non-hydrogen) atoms. The maximum atomic E-state index is 12.2. The van der Waals surface area contributed by atoms with Gasteiger partial charge in [-0.1, -0.05) is 29.4 Å². The number of alkyl halides is 3. The number of hydrogen-bond donors (Lipinski definition) is 1. The first kappa shape index (κ1) is 15.5. The Morgan fingerprint density at radius 3 is 2.74 bits per heavy atom. The van der Waals surface area contributed by atoms with Crippen LogP contribution in [0.4, 0.5) is 18.9 Å². The summed E-state index contributed by atoms with van der Waals surface area (Å²) >= 11 is 6.83. The zero-order valence-electron chi connectivity index (χ0n) is 9.45. The van der Waals surface area contributed by atoms with Gasteiger partial charge < -0.3 is 4.74 Å². The Hall–Kier alpha value is -1.59. The van der Waals surface area contributed by atoms with Crippen molar-refractivity contribution in [2.75, 3.05) is 6.26 Å². The Bertz CT molecular complexity index is 528. The number of amidine groups is 1. The number of hydrogen-bond acceptors (Lipinski definition) is 4. The Morgan fingerprint density at radius 2 is 2.21 bits per heavy atom. The van der Waals surface area contributed by atoms with Crippen LogP contribution in [-0.2, 0) is 0 Å². The van der Waals surface area contributed by atoms with Crippen molar-refractivity contribution < 1.29 is 17.9 Å². The number of ether oxygens (including phenoxy) is 1. The summed E-state index contributed by atoms with van der Waals surface area (Å²) in [4.78, 5) is 3.84. The largest absolute Gasteiger partial charge is 0.573 e. The maximum Gasteiger partial charge on any atom is 0.573 e. The van der Waals surface area contributed by atoms with E-state index in [-0.39, 0.29) is 15.9 Å². The Balaban J connectivity index is 3.22. The molecule has 0 bridgehead atoms. The average Bonchev–Trinajstić information content (AvgIpc) is 2.30.